The number of hydrogen-bond donors (Lipinski definition) is 1. The number of rotatable bonds is 6. The molecule has 1 aliphatic carbocycles. The summed E-state index contributed by atoms with van der Waals surface area (Å²) >= 11 is 0. The number of nitrogens with zero attached hydrogens (tertiary/aromatic N) is 1. The lowest BCUT2D eigenvalue weighted by molar-refractivity contribution is 0.114. The van der Waals surface area contributed by atoms with Crippen LogP contribution in [0.15, 0.2) is 0 Å². The Labute approximate surface area is 108 Å². The van der Waals surface area contributed by atoms with E-state index >= 15 is 0 Å². The average molecular weight is 240 g/mol. The van der Waals surface area contributed by atoms with Gasteiger partial charge < -0.3 is 5.32 Å². The fourth-order valence-electron chi connectivity index (χ4n) is 3.25. The standard InChI is InChI=1S/C15H32N2/c1-5-12-17(13(3)4)15-11-9-7-8-10-14(15)16-6-2/h13-16H,5-12H2,1-4H3. The molecule has 0 aromatic carbocycles. The highest BCUT2D eigenvalue weighted by Crippen LogP contribution is 2.24. The van der Waals surface area contributed by atoms with E-state index in [-0.39, 0.29) is 0 Å². The van der Waals surface area contributed by atoms with Crippen molar-refractivity contribution in [2.45, 2.75) is 84.3 Å². The lowest BCUT2D eigenvalue weighted by atomic mass is 9.99. The summed E-state index contributed by atoms with van der Waals surface area (Å²) in [5.41, 5.74) is 0. The third-order valence-electron chi connectivity index (χ3n) is 4.02. The first-order valence-corrected chi connectivity index (χ1v) is 7.69. The molecule has 1 aliphatic rings. The second-order valence-electron chi connectivity index (χ2n) is 5.70. The van der Waals surface area contributed by atoms with E-state index < -0.39 is 0 Å². The fraction of sp³-hybridized carbons (Fsp3) is 1.00. The SMILES string of the molecule is CCCN(C(C)C)C1CCCCCC1NCC. The highest BCUT2D eigenvalue weighted by Gasteiger charge is 2.29. The van der Waals surface area contributed by atoms with E-state index in [1.165, 1.54) is 45.1 Å². The number of likely N-dealkylation sites (N-methyl/N-ethyl adjacent to an activating group) is 1. The van der Waals surface area contributed by atoms with E-state index in [9.17, 15) is 0 Å². The zero-order chi connectivity index (χ0) is 12.7. The van der Waals surface area contributed by atoms with Gasteiger partial charge in [0.2, 0.25) is 0 Å². The molecule has 0 spiro atoms. The molecular formula is C15H32N2. The first kappa shape index (κ1) is 15.0. The largest absolute Gasteiger partial charge is 0.313 e. The van der Waals surface area contributed by atoms with E-state index in [2.05, 4.69) is 37.9 Å². The van der Waals surface area contributed by atoms with Crippen LogP contribution >= 0.6 is 0 Å². The van der Waals surface area contributed by atoms with E-state index in [1.54, 1.807) is 0 Å². The Bertz CT molecular complexity index is 191. The topological polar surface area (TPSA) is 15.3 Å². The van der Waals surface area contributed by atoms with Gasteiger partial charge in [-0.3, -0.25) is 4.90 Å². The van der Waals surface area contributed by atoms with Crippen LogP contribution in [0.5, 0.6) is 0 Å². The average Bonchev–Trinajstić information content (AvgIpc) is 2.52. The predicted octanol–water partition coefficient (Wildman–Crippen LogP) is 3.42. The monoisotopic (exact) mass is 240 g/mol. The first-order chi connectivity index (χ1) is 8.20. The summed E-state index contributed by atoms with van der Waals surface area (Å²) in [6.07, 6.45) is 8.27. The molecule has 0 aromatic rings. The molecule has 1 N–H and O–H groups in total. The van der Waals surface area contributed by atoms with Gasteiger partial charge in [0.05, 0.1) is 0 Å². The fourth-order valence-corrected chi connectivity index (χ4v) is 3.25. The molecular weight excluding hydrogens is 208 g/mol. The molecule has 0 heterocycles. The molecule has 0 aromatic heterocycles. The van der Waals surface area contributed by atoms with Gasteiger partial charge in [-0.25, -0.2) is 0 Å². The molecule has 0 aliphatic heterocycles. The van der Waals surface area contributed by atoms with Gasteiger partial charge in [0.15, 0.2) is 0 Å². The van der Waals surface area contributed by atoms with Crippen molar-refractivity contribution < 1.29 is 0 Å². The van der Waals surface area contributed by atoms with Crippen LogP contribution in [-0.4, -0.2) is 36.1 Å². The van der Waals surface area contributed by atoms with Crippen LogP contribution < -0.4 is 5.32 Å². The maximum absolute atomic E-state index is 3.73. The van der Waals surface area contributed by atoms with Crippen LogP contribution in [0.4, 0.5) is 0 Å². The third-order valence-corrected chi connectivity index (χ3v) is 4.02. The van der Waals surface area contributed by atoms with E-state index in [0.29, 0.717) is 6.04 Å². The van der Waals surface area contributed by atoms with Crippen molar-refractivity contribution in [2.24, 2.45) is 0 Å². The molecule has 102 valence electrons. The summed E-state index contributed by atoms with van der Waals surface area (Å²) in [6, 6.07) is 2.16. The van der Waals surface area contributed by atoms with Crippen LogP contribution in [0.25, 0.3) is 0 Å². The van der Waals surface area contributed by atoms with Crippen LogP contribution in [0.3, 0.4) is 0 Å². The van der Waals surface area contributed by atoms with E-state index in [4.69, 9.17) is 0 Å². The molecule has 17 heavy (non-hydrogen) atoms. The van der Waals surface area contributed by atoms with Crippen LogP contribution in [0.2, 0.25) is 0 Å². The summed E-state index contributed by atoms with van der Waals surface area (Å²) < 4.78 is 0. The van der Waals surface area contributed by atoms with Gasteiger partial charge in [0.25, 0.3) is 0 Å². The molecule has 0 amide bonds. The maximum atomic E-state index is 3.73. The quantitative estimate of drug-likeness (QED) is 0.716. The summed E-state index contributed by atoms with van der Waals surface area (Å²) in [4.78, 5) is 2.73. The Kier molecular flexibility index (Phi) is 7.14. The zero-order valence-corrected chi connectivity index (χ0v) is 12.3. The van der Waals surface area contributed by atoms with Crippen molar-refractivity contribution in [2.75, 3.05) is 13.1 Å². The minimum Gasteiger partial charge on any atom is -0.313 e. The van der Waals surface area contributed by atoms with Gasteiger partial charge in [0, 0.05) is 18.1 Å². The van der Waals surface area contributed by atoms with Gasteiger partial charge >= 0.3 is 0 Å². The second kappa shape index (κ2) is 8.10. The molecule has 0 bridgehead atoms. The Morgan fingerprint density at radius 1 is 1.12 bits per heavy atom. The summed E-state index contributed by atoms with van der Waals surface area (Å²) in [6.45, 7) is 11.6. The molecule has 2 nitrogen and oxygen atoms in total. The minimum atomic E-state index is 0.680. The second-order valence-corrected chi connectivity index (χ2v) is 5.70. The van der Waals surface area contributed by atoms with Crippen molar-refractivity contribution in [1.29, 1.82) is 0 Å². The molecule has 1 saturated carbocycles. The molecule has 1 rings (SSSR count). The van der Waals surface area contributed by atoms with Gasteiger partial charge in [-0.15, -0.1) is 0 Å². The molecule has 1 fully saturated rings. The summed E-state index contributed by atoms with van der Waals surface area (Å²) in [7, 11) is 0. The first-order valence-electron chi connectivity index (χ1n) is 7.69. The van der Waals surface area contributed by atoms with E-state index in [0.717, 1.165) is 18.6 Å². The lowest BCUT2D eigenvalue weighted by Gasteiger charge is -2.39. The van der Waals surface area contributed by atoms with Crippen molar-refractivity contribution >= 4 is 0 Å². The lowest BCUT2D eigenvalue weighted by Crippen LogP contribution is -2.52. The molecule has 2 unspecified atom stereocenters. The Balaban J connectivity index is 2.70. The van der Waals surface area contributed by atoms with Gasteiger partial charge in [-0.1, -0.05) is 33.1 Å². The molecule has 0 saturated heterocycles. The molecule has 2 heteroatoms. The number of hydrogen-bond acceptors (Lipinski definition) is 2. The van der Waals surface area contributed by atoms with Gasteiger partial charge in [-0.05, 0) is 46.2 Å². The Morgan fingerprint density at radius 3 is 2.41 bits per heavy atom. The van der Waals surface area contributed by atoms with Crippen molar-refractivity contribution in [1.82, 2.24) is 10.2 Å². The molecule has 0 radical (unpaired) electrons. The van der Waals surface area contributed by atoms with Gasteiger partial charge in [0.1, 0.15) is 0 Å². The summed E-state index contributed by atoms with van der Waals surface area (Å²) in [5.74, 6) is 0. The highest BCUT2D eigenvalue weighted by atomic mass is 15.2. The van der Waals surface area contributed by atoms with Crippen molar-refractivity contribution in [3.05, 3.63) is 0 Å². The van der Waals surface area contributed by atoms with Crippen LogP contribution in [-0.2, 0) is 0 Å². The summed E-state index contributed by atoms with van der Waals surface area (Å²) in [5, 5.41) is 3.73. The number of nitrogens with one attached hydrogen (secondary N) is 1. The third kappa shape index (κ3) is 4.59. The molecule has 2 atom stereocenters. The van der Waals surface area contributed by atoms with Crippen LogP contribution in [0, 0.1) is 0 Å². The zero-order valence-electron chi connectivity index (χ0n) is 12.3. The Hall–Kier alpha value is -0.0800. The normalized spacial score (nSPS) is 26.5. The minimum absolute atomic E-state index is 0.680. The van der Waals surface area contributed by atoms with Crippen molar-refractivity contribution in [3.63, 3.8) is 0 Å². The Morgan fingerprint density at radius 2 is 1.82 bits per heavy atom. The van der Waals surface area contributed by atoms with Crippen molar-refractivity contribution in [3.8, 4) is 0 Å². The highest BCUT2D eigenvalue weighted by molar-refractivity contribution is 4.88. The smallest absolute Gasteiger partial charge is 0.0252 e. The van der Waals surface area contributed by atoms with E-state index in [1.807, 2.05) is 0 Å². The van der Waals surface area contributed by atoms with Crippen LogP contribution in [0.1, 0.15) is 66.2 Å². The predicted molar refractivity (Wildman–Crippen MR) is 76.5 cm³/mol. The van der Waals surface area contributed by atoms with Gasteiger partial charge in [-0.2, -0.15) is 0 Å². The maximum Gasteiger partial charge on any atom is 0.0252 e.